The van der Waals surface area contributed by atoms with Crippen LogP contribution in [0.4, 0.5) is 0 Å². The number of hydrogen-bond acceptors (Lipinski definition) is 2. The van der Waals surface area contributed by atoms with Gasteiger partial charge < -0.3 is 10.1 Å². The Kier molecular flexibility index (Phi) is 4.62. The van der Waals surface area contributed by atoms with Crippen molar-refractivity contribution < 1.29 is 9.53 Å². The summed E-state index contributed by atoms with van der Waals surface area (Å²) >= 11 is 0. The van der Waals surface area contributed by atoms with Gasteiger partial charge in [0.15, 0.2) is 6.10 Å². The van der Waals surface area contributed by atoms with E-state index in [0.717, 1.165) is 18.6 Å². The second-order valence-corrected chi connectivity index (χ2v) is 4.92. The Bertz CT molecular complexity index is 371. The van der Waals surface area contributed by atoms with E-state index < -0.39 is 6.10 Å². The average Bonchev–Trinajstić information content (AvgIpc) is 2.41. The van der Waals surface area contributed by atoms with E-state index in [2.05, 4.69) is 5.32 Å². The molecule has 1 unspecified atom stereocenters. The molecule has 0 radical (unpaired) electrons. The maximum absolute atomic E-state index is 12.0. The van der Waals surface area contributed by atoms with Crippen molar-refractivity contribution in [3.63, 3.8) is 0 Å². The lowest BCUT2D eigenvalue weighted by Gasteiger charge is -2.24. The molecule has 1 saturated carbocycles. The summed E-state index contributed by atoms with van der Waals surface area (Å²) in [7, 11) is 0. The monoisotopic (exact) mass is 247 g/mol. The van der Waals surface area contributed by atoms with Gasteiger partial charge in [0.2, 0.25) is 0 Å². The van der Waals surface area contributed by atoms with Crippen molar-refractivity contribution in [3.8, 4) is 5.75 Å². The zero-order chi connectivity index (χ0) is 12.8. The summed E-state index contributed by atoms with van der Waals surface area (Å²) in [5.74, 6) is 0.731. The van der Waals surface area contributed by atoms with E-state index in [1.165, 1.54) is 19.3 Å². The largest absolute Gasteiger partial charge is 0.481 e. The fourth-order valence-corrected chi connectivity index (χ4v) is 2.32. The highest BCUT2D eigenvalue weighted by molar-refractivity contribution is 5.81. The zero-order valence-corrected chi connectivity index (χ0v) is 10.9. The Morgan fingerprint density at radius 2 is 1.89 bits per heavy atom. The van der Waals surface area contributed by atoms with Crippen LogP contribution in [0.3, 0.4) is 0 Å². The van der Waals surface area contributed by atoms with Crippen LogP contribution in [0.5, 0.6) is 5.75 Å². The third-order valence-corrected chi connectivity index (χ3v) is 3.38. The van der Waals surface area contributed by atoms with Crippen molar-refractivity contribution in [2.45, 2.75) is 51.2 Å². The molecule has 1 aromatic carbocycles. The number of hydrogen-bond donors (Lipinski definition) is 1. The van der Waals surface area contributed by atoms with Gasteiger partial charge in [-0.05, 0) is 31.9 Å². The van der Waals surface area contributed by atoms with Crippen molar-refractivity contribution in [3.05, 3.63) is 30.3 Å². The van der Waals surface area contributed by atoms with Crippen molar-refractivity contribution >= 4 is 5.91 Å². The van der Waals surface area contributed by atoms with Gasteiger partial charge in [0, 0.05) is 6.04 Å². The molecular weight excluding hydrogens is 226 g/mol. The molecule has 0 aromatic heterocycles. The van der Waals surface area contributed by atoms with Crippen LogP contribution in [0.1, 0.15) is 39.0 Å². The van der Waals surface area contributed by atoms with Gasteiger partial charge in [-0.3, -0.25) is 4.79 Å². The number of amides is 1. The summed E-state index contributed by atoms with van der Waals surface area (Å²) in [5.41, 5.74) is 0. The Balaban J connectivity index is 1.81. The Morgan fingerprint density at radius 1 is 1.22 bits per heavy atom. The van der Waals surface area contributed by atoms with Gasteiger partial charge in [-0.15, -0.1) is 0 Å². The molecule has 1 amide bonds. The lowest BCUT2D eigenvalue weighted by atomic mass is 9.95. The van der Waals surface area contributed by atoms with E-state index >= 15 is 0 Å². The minimum Gasteiger partial charge on any atom is -0.481 e. The van der Waals surface area contributed by atoms with Crippen LogP contribution in [0.25, 0.3) is 0 Å². The third-order valence-electron chi connectivity index (χ3n) is 3.38. The van der Waals surface area contributed by atoms with Gasteiger partial charge in [-0.1, -0.05) is 37.5 Å². The second-order valence-electron chi connectivity index (χ2n) is 4.92. The van der Waals surface area contributed by atoms with Gasteiger partial charge in [-0.25, -0.2) is 0 Å². The highest BCUT2D eigenvalue weighted by atomic mass is 16.5. The van der Waals surface area contributed by atoms with Crippen LogP contribution in [-0.2, 0) is 4.79 Å². The van der Waals surface area contributed by atoms with E-state index in [-0.39, 0.29) is 5.91 Å². The van der Waals surface area contributed by atoms with Crippen LogP contribution in [-0.4, -0.2) is 18.1 Å². The lowest BCUT2D eigenvalue weighted by Crippen LogP contribution is -2.43. The maximum atomic E-state index is 12.0. The quantitative estimate of drug-likeness (QED) is 0.888. The average molecular weight is 247 g/mol. The molecular formula is C15H21NO2. The fourth-order valence-electron chi connectivity index (χ4n) is 2.32. The highest BCUT2D eigenvalue weighted by Gasteiger charge is 2.20. The molecule has 18 heavy (non-hydrogen) atoms. The SMILES string of the molecule is CC(Oc1ccccc1)C(=O)NC1CCCCC1. The van der Waals surface area contributed by atoms with Crippen molar-refractivity contribution in [2.75, 3.05) is 0 Å². The topological polar surface area (TPSA) is 38.3 Å². The number of nitrogens with one attached hydrogen (secondary N) is 1. The van der Waals surface area contributed by atoms with Crippen LogP contribution < -0.4 is 10.1 Å². The Morgan fingerprint density at radius 3 is 2.56 bits per heavy atom. The van der Waals surface area contributed by atoms with E-state index in [1.807, 2.05) is 30.3 Å². The standard InChI is InChI=1S/C15H21NO2/c1-12(18-14-10-6-3-7-11-14)15(17)16-13-8-4-2-5-9-13/h3,6-7,10-13H,2,4-5,8-9H2,1H3,(H,16,17). The van der Waals surface area contributed by atoms with Gasteiger partial charge in [-0.2, -0.15) is 0 Å². The normalized spacial score (nSPS) is 18.1. The van der Waals surface area contributed by atoms with Crippen LogP contribution in [0.15, 0.2) is 30.3 Å². The van der Waals surface area contributed by atoms with Gasteiger partial charge in [0.25, 0.3) is 5.91 Å². The van der Waals surface area contributed by atoms with Crippen LogP contribution in [0.2, 0.25) is 0 Å². The Hall–Kier alpha value is -1.51. The van der Waals surface area contributed by atoms with E-state index in [9.17, 15) is 4.79 Å². The molecule has 1 aromatic rings. The summed E-state index contributed by atoms with van der Waals surface area (Å²) in [6.07, 6.45) is 5.50. The van der Waals surface area contributed by atoms with Crippen molar-refractivity contribution in [1.29, 1.82) is 0 Å². The zero-order valence-electron chi connectivity index (χ0n) is 10.9. The predicted molar refractivity (Wildman–Crippen MR) is 71.5 cm³/mol. The fraction of sp³-hybridized carbons (Fsp3) is 0.533. The summed E-state index contributed by atoms with van der Waals surface area (Å²) in [6, 6.07) is 9.81. The number of carbonyl (C=O) groups excluding carboxylic acids is 1. The first kappa shape index (κ1) is 12.9. The first-order valence-corrected chi connectivity index (χ1v) is 6.78. The third kappa shape index (κ3) is 3.76. The Labute approximate surface area is 109 Å². The maximum Gasteiger partial charge on any atom is 0.260 e. The molecule has 1 aliphatic carbocycles. The minimum atomic E-state index is -0.436. The molecule has 3 nitrogen and oxygen atoms in total. The molecule has 0 spiro atoms. The summed E-state index contributed by atoms with van der Waals surface area (Å²) in [6.45, 7) is 1.80. The molecule has 0 aliphatic heterocycles. The van der Waals surface area contributed by atoms with E-state index in [4.69, 9.17) is 4.74 Å². The van der Waals surface area contributed by atoms with Gasteiger partial charge >= 0.3 is 0 Å². The number of benzene rings is 1. The molecule has 0 saturated heterocycles. The van der Waals surface area contributed by atoms with Gasteiger partial charge in [0.05, 0.1) is 0 Å². The predicted octanol–water partition coefficient (Wildman–Crippen LogP) is 2.90. The van der Waals surface area contributed by atoms with Crippen molar-refractivity contribution in [1.82, 2.24) is 5.32 Å². The lowest BCUT2D eigenvalue weighted by molar-refractivity contribution is -0.128. The van der Waals surface area contributed by atoms with E-state index in [0.29, 0.717) is 6.04 Å². The molecule has 1 N–H and O–H groups in total. The first-order chi connectivity index (χ1) is 8.75. The second kappa shape index (κ2) is 6.43. The first-order valence-electron chi connectivity index (χ1n) is 6.78. The summed E-state index contributed by atoms with van der Waals surface area (Å²) in [5, 5.41) is 3.07. The molecule has 0 heterocycles. The molecule has 1 fully saturated rings. The minimum absolute atomic E-state index is 0.00856. The molecule has 1 aliphatic rings. The smallest absolute Gasteiger partial charge is 0.260 e. The number of carbonyl (C=O) groups is 1. The molecule has 2 rings (SSSR count). The summed E-state index contributed by atoms with van der Waals surface area (Å²) < 4.78 is 5.61. The van der Waals surface area contributed by atoms with Crippen LogP contribution in [0, 0.1) is 0 Å². The number of para-hydroxylation sites is 1. The van der Waals surface area contributed by atoms with Crippen molar-refractivity contribution in [2.24, 2.45) is 0 Å². The number of ether oxygens (including phenoxy) is 1. The molecule has 0 bridgehead atoms. The molecule has 1 atom stereocenters. The molecule has 3 heteroatoms. The summed E-state index contributed by atoms with van der Waals surface area (Å²) in [4.78, 5) is 12.0. The highest BCUT2D eigenvalue weighted by Crippen LogP contribution is 2.18. The molecule has 98 valence electrons. The van der Waals surface area contributed by atoms with Gasteiger partial charge in [0.1, 0.15) is 5.75 Å². The number of rotatable bonds is 4. The van der Waals surface area contributed by atoms with E-state index in [1.54, 1.807) is 6.92 Å². The van der Waals surface area contributed by atoms with Crippen LogP contribution >= 0.6 is 0 Å².